The molecule has 5 N–H and O–H groups in total. The summed E-state index contributed by atoms with van der Waals surface area (Å²) in [6, 6.07) is 8.84. The highest BCUT2D eigenvalue weighted by molar-refractivity contribution is 8.00. The molecule has 3 heterocycles. The Labute approximate surface area is 209 Å². The SMILES string of the molecule is O=C1N[C@H]2[C@H](CS[C@H]2CCCCC(=O)Oc2ccc(-c3cc(=O)c4c(O)c(O)c(O)cc4o3)cc2)N1. The first kappa shape index (κ1) is 23.9. The molecular formula is C25H24N2O8S. The van der Waals surface area contributed by atoms with Gasteiger partial charge < -0.3 is 35.1 Å². The van der Waals surface area contributed by atoms with Crippen LogP contribution in [0.2, 0.25) is 0 Å². The van der Waals surface area contributed by atoms with E-state index in [1.54, 1.807) is 24.3 Å². The molecule has 0 aliphatic carbocycles. The number of urea groups is 1. The van der Waals surface area contributed by atoms with E-state index in [0.717, 1.165) is 30.7 Å². The van der Waals surface area contributed by atoms with Gasteiger partial charge in [0.1, 0.15) is 22.5 Å². The third kappa shape index (κ3) is 4.66. The molecule has 188 valence electrons. The van der Waals surface area contributed by atoms with Gasteiger partial charge in [-0.15, -0.1) is 0 Å². The third-order valence-corrected chi connectivity index (χ3v) is 7.88. The molecule has 0 unspecified atom stereocenters. The van der Waals surface area contributed by atoms with E-state index in [4.69, 9.17) is 9.15 Å². The monoisotopic (exact) mass is 512 g/mol. The van der Waals surface area contributed by atoms with Gasteiger partial charge in [-0.2, -0.15) is 11.8 Å². The fourth-order valence-electron chi connectivity index (χ4n) is 4.55. The Hall–Kier alpha value is -3.86. The summed E-state index contributed by atoms with van der Waals surface area (Å²) in [5.41, 5.74) is -0.159. The van der Waals surface area contributed by atoms with Gasteiger partial charge in [0.15, 0.2) is 16.9 Å². The Balaban J connectivity index is 1.16. The largest absolute Gasteiger partial charge is 0.504 e. The Kier molecular flexibility index (Phi) is 6.40. The van der Waals surface area contributed by atoms with Crippen LogP contribution in [-0.2, 0) is 4.79 Å². The Morgan fingerprint density at radius 1 is 1.06 bits per heavy atom. The molecule has 0 radical (unpaired) electrons. The number of carbonyl (C=O) groups excluding carboxylic acids is 2. The quantitative estimate of drug-likeness (QED) is 0.105. The smallest absolute Gasteiger partial charge is 0.315 e. The number of hydrogen-bond acceptors (Lipinski definition) is 9. The predicted molar refractivity (Wildman–Crippen MR) is 133 cm³/mol. The van der Waals surface area contributed by atoms with Crippen LogP contribution in [0.4, 0.5) is 4.79 Å². The molecule has 1 aromatic heterocycles. The van der Waals surface area contributed by atoms with Gasteiger partial charge in [0, 0.05) is 35.1 Å². The van der Waals surface area contributed by atoms with Gasteiger partial charge in [-0.05, 0) is 37.1 Å². The third-order valence-electron chi connectivity index (χ3n) is 6.37. The zero-order chi connectivity index (χ0) is 25.4. The van der Waals surface area contributed by atoms with Crippen molar-refractivity contribution in [1.29, 1.82) is 0 Å². The topological polar surface area (TPSA) is 158 Å². The molecule has 0 bridgehead atoms. The molecule has 2 aromatic carbocycles. The summed E-state index contributed by atoms with van der Waals surface area (Å²) in [6.45, 7) is 0. The minimum absolute atomic E-state index is 0.0843. The van der Waals surface area contributed by atoms with Gasteiger partial charge in [-0.25, -0.2) is 4.79 Å². The Morgan fingerprint density at radius 2 is 1.83 bits per heavy atom. The summed E-state index contributed by atoms with van der Waals surface area (Å²) >= 11 is 1.84. The number of aromatic hydroxyl groups is 3. The lowest BCUT2D eigenvalue weighted by Crippen LogP contribution is -2.36. The second kappa shape index (κ2) is 9.65. The van der Waals surface area contributed by atoms with E-state index in [1.807, 2.05) is 11.8 Å². The molecule has 2 fully saturated rings. The van der Waals surface area contributed by atoms with Crippen molar-refractivity contribution in [3.8, 4) is 34.3 Å². The van der Waals surface area contributed by atoms with Crippen LogP contribution in [-0.4, -0.2) is 50.4 Å². The van der Waals surface area contributed by atoms with Gasteiger partial charge in [-0.1, -0.05) is 6.42 Å². The molecule has 0 spiro atoms. The normalized spacial score (nSPS) is 20.7. The molecule has 3 aromatic rings. The fourth-order valence-corrected chi connectivity index (χ4v) is 6.09. The van der Waals surface area contributed by atoms with Crippen molar-refractivity contribution in [3.05, 3.63) is 46.6 Å². The summed E-state index contributed by atoms with van der Waals surface area (Å²) in [5.74, 6) is -1.07. The maximum Gasteiger partial charge on any atom is 0.315 e. The highest BCUT2D eigenvalue weighted by atomic mass is 32.2. The summed E-state index contributed by atoms with van der Waals surface area (Å²) in [6.07, 6.45) is 2.73. The average Bonchev–Trinajstić information content (AvgIpc) is 3.39. The minimum atomic E-state index is -0.792. The fraction of sp³-hybridized carbons (Fsp3) is 0.320. The molecular weight excluding hydrogens is 488 g/mol. The number of hydrogen-bond donors (Lipinski definition) is 5. The summed E-state index contributed by atoms with van der Waals surface area (Å²) in [7, 11) is 0. The summed E-state index contributed by atoms with van der Waals surface area (Å²) < 4.78 is 11.0. The van der Waals surface area contributed by atoms with Crippen LogP contribution >= 0.6 is 11.8 Å². The van der Waals surface area contributed by atoms with Crippen molar-refractivity contribution in [2.45, 2.75) is 43.0 Å². The second-order valence-corrected chi connectivity index (χ2v) is 10.1. The van der Waals surface area contributed by atoms with E-state index in [2.05, 4.69) is 10.6 Å². The average molecular weight is 513 g/mol. The molecule has 5 rings (SSSR count). The van der Waals surface area contributed by atoms with Gasteiger partial charge in [0.25, 0.3) is 0 Å². The van der Waals surface area contributed by atoms with Crippen LogP contribution in [0.15, 0.2) is 45.6 Å². The van der Waals surface area contributed by atoms with Crippen molar-refractivity contribution in [2.24, 2.45) is 0 Å². The van der Waals surface area contributed by atoms with Crippen LogP contribution in [0, 0.1) is 0 Å². The number of rotatable bonds is 7. The zero-order valence-electron chi connectivity index (χ0n) is 19.0. The number of esters is 1. The Morgan fingerprint density at radius 3 is 2.61 bits per heavy atom. The maximum atomic E-state index is 12.4. The molecule has 11 heteroatoms. The lowest BCUT2D eigenvalue weighted by Gasteiger charge is -2.16. The van der Waals surface area contributed by atoms with Crippen LogP contribution in [0.5, 0.6) is 23.0 Å². The van der Waals surface area contributed by atoms with Crippen molar-refractivity contribution in [1.82, 2.24) is 10.6 Å². The molecule has 3 atom stereocenters. The van der Waals surface area contributed by atoms with Crippen LogP contribution in [0.3, 0.4) is 0 Å². The highest BCUT2D eigenvalue weighted by Crippen LogP contribution is 2.40. The first-order chi connectivity index (χ1) is 17.3. The molecule has 2 aliphatic rings. The van der Waals surface area contributed by atoms with E-state index in [-0.39, 0.29) is 47.2 Å². The van der Waals surface area contributed by atoms with Crippen LogP contribution in [0.1, 0.15) is 25.7 Å². The minimum Gasteiger partial charge on any atom is -0.504 e. The van der Waals surface area contributed by atoms with Gasteiger partial charge in [0.2, 0.25) is 5.75 Å². The van der Waals surface area contributed by atoms with Crippen molar-refractivity contribution in [2.75, 3.05) is 5.75 Å². The van der Waals surface area contributed by atoms with E-state index in [1.165, 1.54) is 0 Å². The molecule has 36 heavy (non-hydrogen) atoms. The van der Waals surface area contributed by atoms with E-state index in [9.17, 15) is 29.7 Å². The maximum absolute atomic E-state index is 12.4. The molecule has 10 nitrogen and oxygen atoms in total. The van der Waals surface area contributed by atoms with Crippen molar-refractivity contribution in [3.63, 3.8) is 0 Å². The number of amides is 2. The number of benzene rings is 2. The van der Waals surface area contributed by atoms with Crippen LogP contribution < -0.4 is 20.8 Å². The number of ether oxygens (including phenoxy) is 1. The molecule has 2 aliphatic heterocycles. The predicted octanol–water partition coefficient (Wildman–Crippen LogP) is 3.21. The molecule has 2 amide bonds. The number of fused-ring (bicyclic) bond motifs is 2. The van der Waals surface area contributed by atoms with Crippen molar-refractivity contribution < 1.29 is 34.1 Å². The summed E-state index contributed by atoms with van der Waals surface area (Å²) in [5, 5.41) is 35.3. The number of phenols is 3. The lowest BCUT2D eigenvalue weighted by atomic mass is 10.0. The van der Waals surface area contributed by atoms with Gasteiger partial charge >= 0.3 is 12.0 Å². The second-order valence-electron chi connectivity index (χ2n) is 8.81. The first-order valence-electron chi connectivity index (χ1n) is 11.5. The Bertz CT molecular complexity index is 1390. The molecule has 2 saturated heterocycles. The number of carbonyl (C=O) groups is 2. The van der Waals surface area contributed by atoms with Crippen LogP contribution in [0.25, 0.3) is 22.3 Å². The van der Waals surface area contributed by atoms with Crippen molar-refractivity contribution >= 4 is 34.7 Å². The lowest BCUT2D eigenvalue weighted by molar-refractivity contribution is -0.134. The number of unbranched alkanes of at least 4 members (excludes halogenated alkanes) is 1. The van der Waals surface area contributed by atoms with E-state index < -0.39 is 22.7 Å². The number of phenolic OH excluding ortho intramolecular Hbond substituents is 3. The number of nitrogens with one attached hydrogen (secondary N) is 2. The standard InChI is InChI=1S/C25H24N2O8S/c28-15-9-17(35-18-10-16(29)23(31)24(32)21(15)18)12-5-7-13(8-6-12)34-20(30)4-2-1-3-19-22-14(11-36-19)26-25(33)27-22/h5-10,14,19,22,29,31-32H,1-4,11H2,(H2,26,27,33)/t14-,19-,22-/m0/s1. The van der Waals surface area contributed by atoms with Gasteiger partial charge in [-0.3, -0.25) is 9.59 Å². The summed E-state index contributed by atoms with van der Waals surface area (Å²) in [4.78, 5) is 36.2. The van der Waals surface area contributed by atoms with E-state index in [0.29, 0.717) is 23.0 Å². The van der Waals surface area contributed by atoms with E-state index >= 15 is 0 Å². The van der Waals surface area contributed by atoms with Gasteiger partial charge in [0.05, 0.1) is 12.1 Å². The highest BCUT2D eigenvalue weighted by Gasteiger charge is 2.42. The molecule has 0 saturated carbocycles. The first-order valence-corrected chi connectivity index (χ1v) is 12.6. The zero-order valence-corrected chi connectivity index (χ0v) is 19.8. The number of thioether (sulfide) groups is 1.